The molecule has 0 amide bonds. The Morgan fingerprint density at radius 1 is 1.40 bits per heavy atom. The summed E-state index contributed by atoms with van der Waals surface area (Å²) in [5.74, 6) is -0.482. The lowest BCUT2D eigenvalue weighted by atomic mass is 10.1. The number of benzene rings is 1. The van der Waals surface area contributed by atoms with Gasteiger partial charge in [0.25, 0.3) is 0 Å². The van der Waals surface area contributed by atoms with Crippen LogP contribution in [-0.4, -0.2) is 5.78 Å². The van der Waals surface area contributed by atoms with Crippen molar-refractivity contribution in [3.05, 3.63) is 31.9 Å². The molecule has 0 spiro atoms. The van der Waals surface area contributed by atoms with Crippen molar-refractivity contribution >= 4 is 40.0 Å². The number of hydrogen-bond donors (Lipinski definition) is 0. The van der Waals surface area contributed by atoms with Gasteiger partial charge in [-0.25, -0.2) is 0 Å². The standard InChI is InChI=1S/C9H5ClF3IO/c1-4(15)6-2-5(14)3-7(8(6)10)9(11,12)13/h2-3H,1H3. The Hall–Kier alpha value is -0.300. The zero-order valence-corrected chi connectivity index (χ0v) is 10.4. The number of carbonyl (C=O) groups is 1. The minimum absolute atomic E-state index is 0.101. The van der Waals surface area contributed by atoms with Crippen LogP contribution in [0.4, 0.5) is 13.2 Å². The summed E-state index contributed by atoms with van der Waals surface area (Å²) in [6.45, 7) is 1.18. The van der Waals surface area contributed by atoms with Crippen molar-refractivity contribution in [1.82, 2.24) is 0 Å². The molecule has 0 aromatic heterocycles. The Morgan fingerprint density at radius 3 is 2.33 bits per heavy atom. The first-order valence-corrected chi connectivity index (χ1v) is 5.26. The third kappa shape index (κ3) is 2.84. The molecule has 0 N–H and O–H groups in total. The van der Waals surface area contributed by atoms with Crippen molar-refractivity contribution in [3.8, 4) is 0 Å². The van der Waals surface area contributed by atoms with Crippen molar-refractivity contribution in [2.24, 2.45) is 0 Å². The second-order valence-corrected chi connectivity index (χ2v) is 4.49. The number of halogens is 5. The van der Waals surface area contributed by atoms with Gasteiger partial charge >= 0.3 is 6.18 Å². The highest BCUT2D eigenvalue weighted by Gasteiger charge is 2.34. The molecule has 0 bridgehead atoms. The van der Waals surface area contributed by atoms with E-state index >= 15 is 0 Å². The molecule has 0 aliphatic heterocycles. The predicted octanol–water partition coefficient (Wildman–Crippen LogP) is 4.17. The molecular formula is C9H5ClF3IO. The molecule has 0 saturated heterocycles. The number of carbonyl (C=O) groups excluding carboxylic acids is 1. The second kappa shape index (κ2) is 4.29. The number of hydrogen-bond acceptors (Lipinski definition) is 1. The van der Waals surface area contributed by atoms with Gasteiger partial charge in [-0.15, -0.1) is 0 Å². The summed E-state index contributed by atoms with van der Waals surface area (Å²) in [6, 6.07) is 2.25. The van der Waals surface area contributed by atoms with Gasteiger partial charge in [-0.1, -0.05) is 11.6 Å². The predicted molar refractivity (Wildman–Crippen MR) is 59.2 cm³/mol. The van der Waals surface area contributed by atoms with Crippen molar-refractivity contribution in [2.75, 3.05) is 0 Å². The second-order valence-electron chi connectivity index (χ2n) is 2.87. The molecule has 0 heterocycles. The highest BCUT2D eigenvalue weighted by Crippen LogP contribution is 2.37. The van der Waals surface area contributed by atoms with Gasteiger partial charge in [-0.2, -0.15) is 13.2 Å². The lowest BCUT2D eigenvalue weighted by Gasteiger charge is -2.11. The Kier molecular flexibility index (Phi) is 3.65. The van der Waals surface area contributed by atoms with Crippen molar-refractivity contribution in [3.63, 3.8) is 0 Å². The van der Waals surface area contributed by atoms with Gasteiger partial charge in [0.05, 0.1) is 10.6 Å². The Balaban J connectivity index is 3.49. The minimum Gasteiger partial charge on any atom is -0.294 e. The van der Waals surface area contributed by atoms with Gasteiger partial charge in [0.2, 0.25) is 0 Å². The van der Waals surface area contributed by atoms with E-state index in [1.165, 1.54) is 13.0 Å². The van der Waals surface area contributed by atoms with E-state index in [0.29, 0.717) is 3.57 Å². The van der Waals surface area contributed by atoms with Gasteiger partial charge < -0.3 is 0 Å². The first kappa shape index (κ1) is 12.8. The van der Waals surface area contributed by atoms with Crippen LogP contribution in [0.2, 0.25) is 5.02 Å². The molecule has 0 aliphatic rings. The summed E-state index contributed by atoms with van der Waals surface area (Å²) in [5.41, 5.74) is -1.07. The number of Topliss-reactive ketones (excluding diaryl/α,β-unsaturated/α-hetero) is 1. The molecule has 15 heavy (non-hydrogen) atoms. The maximum atomic E-state index is 12.5. The van der Waals surface area contributed by atoms with Gasteiger partial charge in [0, 0.05) is 9.13 Å². The zero-order chi connectivity index (χ0) is 11.8. The first-order chi connectivity index (χ1) is 6.73. The summed E-state index contributed by atoms with van der Waals surface area (Å²) >= 11 is 7.23. The van der Waals surface area contributed by atoms with Crippen LogP contribution in [0.1, 0.15) is 22.8 Å². The molecule has 1 nitrogen and oxygen atoms in total. The number of alkyl halides is 3. The van der Waals surface area contributed by atoms with Crippen molar-refractivity contribution < 1.29 is 18.0 Å². The van der Waals surface area contributed by atoms with Crippen LogP contribution in [0, 0.1) is 3.57 Å². The summed E-state index contributed by atoms with van der Waals surface area (Å²) in [6.07, 6.45) is -4.54. The molecule has 82 valence electrons. The third-order valence-electron chi connectivity index (χ3n) is 1.72. The Bertz CT molecular complexity index is 415. The molecular weight excluding hydrogens is 343 g/mol. The zero-order valence-electron chi connectivity index (χ0n) is 7.45. The number of ketones is 1. The van der Waals surface area contributed by atoms with Crippen LogP contribution in [0.3, 0.4) is 0 Å². The van der Waals surface area contributed by atoms with E-state index in [2.05, 4.69) is 0 Å². The van der Waals surface area contributed by atoms with E-state index in [4.69, 9.17) is 11.6 Å². The lowest BCUT2D eigenvalue weighted by molar-refractivity contribution is -0.137. The summed E-state index contributed by atoms with van der Waals surface area (Å²) in [5, 5.41) is -0.532. The fourth-order valence-corrected chi connectivity index (χ4v) is 2.02. The minimum atomic E-state index is -4.54. The fraction of sp³-hybridized carbons (Fsp3) is 0.222. The smallest absolute Gasteiger partial charge is 0.294 e. The maximum Gasteiger partial charge on any atom is 0.417 e. The van der Waals surface area contributed by atoms with Crippen LogP contribution >= 0.6 is 34.2 Å². The molecule has 1 aromatic carbocycles. The molecule has 0 unspecified atom stereocenters. The van der Waals surface area contributed by atoms with Crippen molar-refractivity contribution in [1.29, 1.82) is 0 Å². The van der Waals surface area contributed by atoms with Crippen LogP contribution in [0.5, 0.6) is 0 Å². The molecule has 0 atom stereocenters. The lowest BCUT2D eigenvalue weighted by Crippen LogP contribution is -2.09. The summed E-state index contributed by atoms with van der Waals surface area (Å²) in [4.78, 5) is 11.0. The molecule has 0 fully saturated rings. The highest BCUT2D eigenvalue weighted by atomic mass is 127. The SMILES string of the molecule is CC(=O)c1cc(I)cc(C(F)(F)F)c1Cl. The average molecular weight is 348 g/mol. The van der Waals surface area contributed by atoms with E-state index in [1.54, 1.807) is 22.6 Å². The monoisotopic (exact) mass is 348 g/mol. The third-order valence-corrected chi connectivity index (χ3v) is 2.75. The van der Waals surface area contributed by atoms with Crippen LogP contribution in [0.15, 0.2) is 12.1 Å². The highest BCUT2D eigenvalue weighted by molar-refractivity contribution is 14.1. The molecule has 0 saturated carbocycles. The summed E-state index contributed by atoms with van der Waals surface area (Å²) in [7, 11) is 0. The Morgan fingerprint density at radius 2 is 1.93 bits per heavy atom. The Labute approximate surface area is 103 Å². The van der Waals surface area contributed by atoms with E-state index in [0.717, 1.165) is 6.07 Å². The van der Waals surface area contributed by atoms with Gasteiger partial charge in [0.15, 0.2) is 5.78 Å². The molecule has 6 heteroatoms. The van der Waals surface area contributed by atoms with Gasteiger partial charge in [-0.05, 0) is 41.6 Å². The normalized spacial score (nSPS) is 11.6. The average Bonchev–Trinajstić information content (AvgIpc) is 2.06. The molecule has 1 rings (SSSR count). The van der Waals surface area contributed by atoms with Crippen LogP contribution in [-0.2, 0) is 6.18 Å². The van der Waals surface area contributed by atoms with E-state index in [-0.39, 0.29) is 5.56 Å². The topological polar surface area (TPSA) is 17.1 Å². The van der Waals surface area contributed by atoms with E-state index in [1.807, 2.05) is 0 Å². The van der Waals surface area contributed by atoms with Crippen molar-refractivity contribution in [2.45, 2.75) is 13.1 Å². The van der Waals surface area contributed by atoms with Crippen LogP contribution in [0.25, 0.3) is 0 Å². The largest absolute Gasteiger partial charge is 0.417 e. The fourth-order valence-electron chi connectivity index (χ4n) is 1.05. The van der Waals surface area contributed by atoms with Gasteiger partial charge in [0.1, 0.15) is 0 Å². The molecule has 0 aliphatic carbocycles. The maximum absolute atomic E-state index is 12.5. The molecule has 1 aromatic rings. The number of rotatable bonds is 1. The quantitative estimate of drug-likeness (QED) is 0.550. The first-order valence-electron chi connectivity index (χ1n) is 3.80. The van der Waals surface area contributed by atoms with Gasteiger partial charge in [-0.3, -0.25) is 4.79 Å². The van der Waals surface area contributed by atoms with E-state index < -0.39 is 22.5 Å². The molecule has 0 radical (unpaired) electrons. The van der Waals surface area contributed by atoms with E-state index in [9.17, 15) is 18.0 Å². The van der Waals surface area contributed by atoms with Crippen LogP contribution < -0.4 is 0 Å². The summed E-state index contributed by atoms with van der Waals surface area (Å²) < 4.78 is 37.7.